The number of carbonyl (C=O) groups is 4. The lowest BCUT2D eigenvalue weighted by Crippen LogP contribution is -2.30. The molecule has 0 aromatic heterocycles. The molecule has 3 N–H and O–H groups in total. The van der Waals surface area contributed by atoms with E-state index >= 15 is 0 Å². The van der Waals surface area contributed by atoms with Gasteiger partial charge in [0.15, 0.2) is 12.2 Å². The predicted octanol–water partition coefficient (Wildman–Crippen LogP) is 23.6. The molecule has 0 saturated heterocycles. The van der Waals surface area contributed by atoms with Gasteiger partial charge in [-0.15, -0.1) is 0 Å². The second-order valence-electron chi connectivity index (χ2n) is 27.0. The number of phosphoric acid groups is 2. The summed E-state index contributed by atoms with van der Waals surface area (Å²) < 4.78 is 68.5. The Morgan fingerprint density at radius 1 is 0.284 bits per heavy atom. The molecule has 19 heteroatoms. The quantitative estimate of drug-likeness (QED) is 0.0169. The molecule has 0 radical (unpaired) electrons. The number of carbonyl (C=O) groups excluding carboxylic acids is 4. The molecule has 590 valence electrons. The molecule has 17 nitrogen and oxygen atoms in total. The van der Waals surface area contributed by atoms with Crippen LogP contribution in [0.15, 0.2) is 97.2 Å². The van der Waals surface area contributed by atoms with Crippen LogP contribution in [0, 0.1) is 0 Å². The molecule has 0 amide bonds. The van der Waals surface area contributed by atoms with E-state index in [9.17, 15) is 43.2 Å². The largest absolute Gasteiger partial charge is 0.472 e. The van der Waals surface area contributed by atoms with Gasteiger partial charge in [-0.3, -0.25) is 37.3 Å². The van der Waals surface area contributed by atoms with E-state index in [2.05, 4.69) is 107 Å². The van der Waals surface area contributed by atoms with Crippen LogP contribution in [-0.4, -0.2) is 96.7 Å². The van der Waals surface area contributed by atoms with Crippen molar-refractivity contribution >= 4 is 39.5 Å². The minimum atomic E-state index is -4.99. The molecule has 0 rings (SSSR count). The minimum Gasteiger partial charge on any atom is -0.462 e. The van der Waals surface area contributed by atoms with Crippen molar-refractivity contribution in [2.45, 2.75) is 367 Å². The molecule has 0 heterocycles. The molecule has 0 fully saturated rings. The number of allylic oxidation sites excluding steroid dienone is 16. The van der Waals surface area contributed by atoms with Crippen LogP contribution in [0.3, 0.4) is 0 Å². The summed E-state index contributed by atoms with van der Waals surface area (Å²) in [6.07, 6.45) is 79.7. The second kappa shape index (κ2) is 75.2. The summed E-state index contributed by atoms with van der Waals surface area (Å²) >= 11 is 0. The maximum Gasteiger partial charge on any atom is 0.472 e. The molecule has 5 atom stereocenters. The molecule has 2 unspecified atom stereocenters. The lowest BCUT2D eigenvalue weighted by Gasteiger charge is -2.21. The van der Waals surface area contributed by atoms with E-state index < -0.39 is 97.5 Å². The zero-order valence-corrected chi connectivity index (χ0v) is 66.3. The van der Waals surface area contributed by atoms with Crippen LogP contribution in [0.5, 0.6) is 0 Å². The molecule has 0 aliphatic heterocycles. The van der Waals surface area contributed by atoms with Crippen LogP contribution in [0.2, 0.25) is 0 Å². The maximum absolute atomic E-state index is 13.1. The fraction of sp³-hybridized carbons (Fsp3) is 0.759. The summed E-state index contributed by atoms with van der Waals surface area (Å²) in [7, 11) is -9.97. The van der Waals surface area contributed by atoms with Crippen LogP contribution in [-0.2, 0) is 65.4 Å². The molecule has 0 bridgehead atoms. The number of esters is 4. The summed E-state index contributed by atoms with van der Waals surface area (Å²) in [5, 5.41) is 10.6. The van der Waals surface area contributed by atoms with Crippen molar-refractivity contribution in [3.05, 3.63) is 97.2 Å². The SMILES string of the molecule is CC/C=C\C/C=C\C/C=C\C/C=C\C/C=C\C/C=C\CCC(=O)OC[C@H](COP(=O)(O)OC[C@@H](O)COP(=O)(O)OC[C@@H](COC(=O)CCCCCCCCC/C=C\CCCCCC)OC(=O)CCCCCCCCCCCCCCC)OC(=O)CCCCCCC/C=C\CCCCCCCC. The van der Waals surface area contributed by atoms with Gasteiger partial charge in [0.05, 0.1) is 26.4 Å². The summed E-state index contributed by atoms with van der Waals surface area (Å²) in [5.74, 6) is -2.26. The maximum atomic E-state index is 13.1. The molecule has 0 saturated carbocycles. The van der Waals surface area contributed by atoms with Crippen LogP contribution in [0.25, 0.3) is 0 Å². The van der Waals surface area contributed by atoms with Crippen LogP contribution < -0.4 is 0 Å². The fourth-order valence-corrected chi connectivity index (χ4v) is 12.5. The molecule has 0 aliphatic carbocycles. The van der Waals surface area contributed by atoms with Crippen LogP contribution in [0.1, 0.15) is 349 Å². The van der Waals surface area contributed by atoms with Crippen molar-refractivity contribution in [1.29, 1.82) is 0 Å². The van der Waals surface area contributed by atoms with E-state index in [0.29, 0.717) is 32.1 Å². The number of unbranched alkanes of at least 4 members (excludes halogenated alkanes) is 34. The topological polar surface area (TPSA) is 237 Å². The van der Waals surface area contributed by atoms with Gasteiger partial charge in [-0.25, -0.2) is 9.13 Å². The van der Waals surface area contributed by atoms with E-state index in [1.807, 2.05) is 18.2 Å². The lowest BCUT2D eigenvalue weighted by molar-refractivity contribution is -0.161. The lowest BCUT2D eigenvalue weighted by atomic mass is 10.0. The normalized spacial score (nSPS) is 14.4. The van der Waals surface area contributed by atoms with E-state index in [-0.39, 0.29) is 25.7 Å². The first-order valence-corrected chi connectivity index (χ1v) is 43.5. The van der Waals surface area contributed by atoms with Gasteiger partial charge in [0, 0.05) is 25.7 Å². The Morgan fingerprint density at radius 3 is 0.853 bits per heavy atom. The summed E-state index contributed by atoms with van der Waals surface area (Å²) in [4.78, 5) is 73.0. The van der Waals surface area contributed by atoms with Crippen molar-refractivity contribution < 1.29 is 80.2 Å². The Hall–Kier alpha value is -4.02. The summed E-state index contributed by atoms with van der Waals surface area (Å²) in [6.45, 7) is 4.69. The second-order valence-corrected chi connectivity index (χ2v) is 29.9. The highest BCUT2D eigenvalue weighted by molar-refractivity contribution is 7.47. The highest BCUT2D eigenvalue weighted by Crippen LogP contribution is 2.45. The summed E-state index contributed by atoms with van der Waals surface area (Å²) in [5.41, 5.74) is 0. The van der Waals surface area contributed by atoms with Crippen molar-refractivity contribution in [1.82, 2.24) is 0 Å². The average molecular weight is 1480 g/mol. The average Bonchev–Trinajstić information content (AvgIpc) is 0.924. The van der Waals surface area contributed by atoms with Crippen molar-refractivity contribution in [2.75, 3.05) is 39.6 Å². The van der Waals surface area contributed by atoms with Gasteiger partial charge in [0.25, 0.3) is 0 Å². The smallest absolute Gasteiger partial charge is 0.462 e. The van der Waals surface area contributed by atoms with E-state index in [1.54, 1.807) is 0 Å². The third-order valence-electron chi connectivity index (χ3n) is 17.0. The Kier molecular flexibility index (Phi) is 72.3. The van der Waals surface area contributed by atoms with Gasteiger partial charge in [0.2, 0.25) is 0 Å². The Morgan fingerprint density at radius 2 is 0.529 bits per heavy atom. The summed E-state index contributed by atoms with van der Waals surface area (Å²) in [6, 6.07) is 0. The van der Waals surface area contributed by atoms with E-state index in [0.717, 1.165) is 135 Å². The van der Waals surface area contributed by atoms with Crippen molar-refractivity contribution in [3.8, 4) is 0 Å². The first kappa shape index (κ1) is 98.0. The highest BCUT2D eigenvalue weighted by atomic mass is 31.2. The minimum absolute atomic E-state index is 0.0353. The highest BCUT2D eigenvalue weighted by Gasteiger charge is 2.30. The number of ether oxygens (including phenoxy) is 4. The molecular weight excluding hydrogens is 1330 g/mol. The first-order valence-electron chi connectivity index (χ1n) is 40.5. The Labute approximate surface area is 620 Å². The van der Waals surface area contributed by atoms with Gasteiger partial charge in [-0.1, -0.05) is 305 Å². The molecule has 0 aliphatic rings. The molecule has 102 heavy (non-hydrogen) atoms. The third kappa shape index (κ3) is 74.3. The molecule has 0 aromatic carbocycles. The Bertz CT molecular complexity index is 2310. The predicted molar refractivity (Wildman–Crippen MR) is 418 cm³/mol. The standard InChI is InChI=1S/C83H146O17P2/c1-5-9-13-17-21-25-29-33-36-37-38-39-42-45-48-52-56-60-64-68-81(86)94-74-79(100-83(88)70-66-62-58-54-50-46-41-35-31-27-23-19-15-11-7-3)76-98-102(91,92)96-72-77(84)71-95-101(89,90)97-75-78(99-82(87)69-65-61-57-53-49-43-32-28-24-20-16-12-8-4)73-93-80(85)67-63-59-55-51-47-44-40-34-30-26-22-18-14-10-6-2/h9,13,21,25-26,30,33,35-36,38-39,41,45,48,56,60,77-79,84H,5-8,10-12,14-20,22-24,27-29,31-32,34,37,40,42-44,46-47,49-55,57-59,61-76H2,1-4H3,(H,89,90)(H,91,92)/b13-9-,25-21-,30-26-,36-33-,39-38-,41-35-,48-45-,60-56-/t77-,78+,79+/m0/s1. The van der Waals surface area contributed by atoms with Crippen molar-refractivity contribution in [2.24, 2.45) is 0 Å². The zero-order valence-electron chi connectivity index (χ0n) is 64.5. The number of rotatable bonds is 76. The monoisotopic (exact) mass is 1480 g/mol. The van der Waals surface area contributed by atoms with Gasteiger partial charge in [0.1, 0.15) is 19.3 Å². The van der Waals surface area contributed by atoms with E-state index in [1.165, 1.54) is 128 Å². The van der Waals surface area contributed by atoms with Gasteiger partial charge in [-0.05, 0) is 116 Å². The fourth-order valence-electron chi connectivity index (χ4n) is 10.9. The molecule has 0 aromatic rings. The number of aliphatic hydroxyl groups excluding tert-OH is 1. The third-order valence-corrected chi connectivity index (χ3v) is 18.9. The number of hydrogen-bond acceptors (Lipinski definition) is 15. The zero-order chi connectivity index (χ0) is 74.6. The van der Waals surface area contributed by atoms with Crippen LogP contribution in [0.4, 0.5) is 0 Å². The number of phosphoric ester groups is 2. The number of hydrogen-bond donors (Lipinski definition) is 3. The van der Waals surface area contributed by atoms with E-state index in [4.69, 9.17) is 37.0 Å². The Balaban J connectivity index is 5.40. The van der Waals surface area contributed by atoms with Crippen LogP contribution >= 0.6 is 15.6 Å². The molecule has 0 spiro atoms. The first-order chi connectivity index (χ1) is 49.7. The van der Waals surface area contributed by atoms with Gasteiger partial charge >= 0.3 is 39.5 Å². The van der Waals surface area contributed by atoms with Crippen molar-refractivity contribution in [3.63, 3.8) is 0 Å². The molecular formula is C83H146O17P2. The number of aliphatic hydroxyl groups is 1. The van der Waals surface area contributed by atoms with Gasteiger partial charge < -0.3 is 33.8 Å². The van der Waals surface area contributed by atoms with Gasteiger partial charge in [-0.2, -0.15) is 0 Å².